The third-order valence-electron chi connectivity index (χ3n) is 4.68. The molecule has 1 N–H and O–H groups in total. The predicted molar refractivity (Wildman–Crippen MR) is 87.0 cm³/mol. The molecule has 0 heterocycles. The summed E-state index contributed by atoms with van der Waals surface area (Å²) in [6.45, 7) is 3.24. The number of nitrogens with one attached hydrogen (secondary N) is 1. The minimum atomic E-state index is 0.644. The molecule has 0 spiro atoms. The molecule has 2 nitrogen and oxygen atoms in total. The molecule has 2 rings (SSSR count). The zero-order valence-electron chi connectivity index (χ0n) is 13.4. The average Bonchev–Trinajstić information content (AvgIpc) is 2.38. The van der Waals surface area contributed by atoms with Crippen LogP contribution < -0.4 is 5.32 Å². The molecule has 1 aliphatic carbocycles. The van der Waals surface area contributed by atoms with Gasteiger partial charge in [-0.3, -0.25) is 4.90 Å². The monoisotopic (exact) mass is 274 g/mol. The van der Waals surface area contributed by atoms with Crippen molar-refractivity contribution in [1.82, 2.24) is 10.2 Å². The molecule has 0 bridgehead atoms. The molecule has 1 fully saturated rings. The Bertz CT molecular complexity index is 402. The van der Waals surface area contributed by atoms with E-state index in [1.807, 2.05) is 0 Å². The lowest BCUT2D eigenvalue weighted by molar-refractivity contribution is 0.160. The molecule has 0 saturated heterocycles. The maximum atomic E-state index is 3.56. The summed E-state index contributed by atoms with van der Waals surface area (Å²) in [6, 6.07) is 10.2. The molecule has 1 aliphatic rings. The summed E-state index contributed by atoms with van der Waals surface area (Å²) in [5.74, 6) is 0. The number of hydrogen-bond acceptors (Lipinski definition) is 2. The fourth-order valence-electron chi connectivity index (χ4n) is 3.54. The Morgan fingerprint density at radius 2 is 1.90 bits per heavy atom. The Morgan fingerprint density at radius 3 is 2.60 bits per heavy atom. The molecule has 0 amide bonds. The first-order chi connectivity index (χ1) is 9.70. The maximum absolute atomic E-state index is 3.56. The predicted octanol–water partition coefficient (Wildman–Crippen LogP) is 3.74. The van der Waals surface area contributed by atoms with Gasteiger partial charge in [-0.15, -0.1) is 0 Å². The van der Waals surface area contributed by atoms with Gasteiger partial charge in [0.2, 0.25) is 0 Å². The highest BCUT2D eigenvalue weighted by molar-refractivity contribution is 5.22. The standard InChI is InChI=1S/C18H30N2/c1-15-9-8-10-16(13-15)14-20(3)18-12-7-5-4-6-11-17(18)19-2/h8-10,13,17-19H,4-7,11-12,14H2,1-3H3. The quantitative estimate of drug-likeness (QED) is 0.900. The second-order valence-corrected chi connectivity index (χ2v) is 6.36. The molecular weight excluding hydrogens is 244 g/mol. The zero-order valence-corrected chi connectivity index (χ0v) is 13.4. The van der Waals surface area contributed by atoms with Gasteiger partial charge in [-0.2, -0.15) is 0 Å². The Hall–Kier alpha value is -0.860. The van der Waals surface area contributed by atoms with Gasteiger partial charge in [-0.1, -0.05) is 55.5 Å². The van der Waals surface area contributed by atoms with Crippen LogP contribution in [0, 0.1) is 6.92 Å². The number of aryl methyl sites for hydroxylation is 1. The summed E-state index contributed by atoms with van der Waals surface area (Å²) in [7, 11) is 4.42. The summed E-state index contributed by atoms with van der Waals surface area (Å²) < 4.78 is 0. The van der Waals surface area contributed by atoms with Gasteiger partial charge in [-0.05, 0) is 39.4 Å². The van der Waals surface area contributed by atoms with Gasteiger partial charge in [0.15, 0.2) is 0 Å². The van der Waals surface area contributed by atoms with E-state index in [0.29, 0.717) is 12.1 Å². The summed E-state index contributed by atoms with van der Waals surface area (Å²) in [5, 5.41) is 3.56. The number of nitrogens with zero attached hydrogens (tertiary/aromatic N) is 1. The van der Waals surface area contributed by atoms with E-state index in [9.17, 15) is 0 Å². The Morgan fingerprint density at radius 1 is 1.15 bits per heavy atom. The summed E-state index contributed by atoms with van der Waals surface area (Å²) in [4.78, 5) is 2.56. The lowest BCUT2D eigenvalue weighted by Crippen LogP contribution is -2.47. The molecule has 1 aromatic rings. The first-order valence-corrected chi connectivity index (χ1v) is 8.14. The van der Waals surface area contributed by atoms with Crippen molar-refractivity contribution in [2.24, 2.45) is 0 Å². The van der Waals surface area contributed by atoms with Crippen LogP contribution in [0.3, 0.4) is 0 Å². The van der Waals surface area contributed by atoms with Gasteiger partial charge in [0.05, 0.1) is 0 Å². The minimum absolute atomic E-state index is 0.644. The van der Waals surface area contributed by atoms with Gasteiger partial charge in [0, 0.05) is 18.6 Å². The van der Waals surface area contributed by atoms with E-state index >= 15 is 0 Å². The van der Waals surface area contributed by atoms with Crippen LogP contribution >= 0.6 is 0 Å². The summed E-state index contributed by atoms with van der Waals surface area (Å²) in [6.07, 6.45) is 8.21. The normalized spacial score (nSPS) is 24.4. The molecule has 0 radical (unpaired) electrons. The molecule has 1 saturated carbocycles. The van der Waals surface area contributed by atoms with Crippen LogP contribution in [0.5, 0.6) is 0 Å². The molecule has 20 heavy (non-hydrogen) atoms. The summed E-state index contributed by atoms with van der Waals surface area (Å²) >= 11 is 0. The van der Waals surface area contributed by atoms with Crippen molar-refractivity contribution >= 4 is 0 Å². The van der Waals surface area contributed by atoms with Gasteiger partial charge < -0.3 is 5.32 Å². The zero-order chi connectivity index (χ0) is 14.4. The molecule has 0 aliphatic heterocycles. The lowest BCUT2D eigenvalue weighted by Gasteiger charge is -2.36. The van der Waals surface area contributed by atoms with Crippen molar-refractivity contribution in [2.75, 3.05) is 14.1 Å². The minimum Gasteiger partial charge on any atom is -0.315 e. The number of hydrogen-bond donors (Lipinski definition) is 1. The van der Waals surface area contributed by atoms with Crippen molar-refractivity contribution < 1.29 is 0 Å². The highest BCUT2D eigenvalue weighted by Crippen LogP contribution is 2.22. The van der Waals surface area contributed by atoms with Crippen molar-refractivity contribution in [3.63, 3.8) is 0 Å². The van der Waals surface area contributed by atoms with E-state index in [2.05, 4.69) is 55.5 Å². The van der Waals surface area contributed by atoms with Gasteiger partial charge in [0.25, 0.3) is 0 Å². The van der Waals surface area contributed by atoms with E-state index in [1.165, 1.54) is 49.7 Å². The van der Waals surface area contributed by atoms with Gasteiger partial charge in [0.1, 0.15) is 0 Å². The highest BCUT2D eigenvalue weighted by Gasteiger charge is 2.24. The molecule has 2 atom stereocenters. The van der Waals surface area contributed by atoms with Gasteiger partial charge in [-0.25, -0.2) is 0 Å². The van der Waals surface area contributed by atoms with Crippen molar-refractivity contribution in [2.45, 2.75) is 64.1 Å². The Balaban J connectivity index is 2.02. The maximum Gasteiger partial charge on any atom is 0.0249 e. The fourth-order valence-corrected chi connectivity index (χ4v) is 3.54. The van der Waals surface area contributed by atoms with Crippen LogP contribution in [0.15, 0.2) is 24.3 Å². The second kappa shape index (κ2) is 7.80. The molecule has 1 aromatic carbocycles. The fraction of sp³-hybridized carbons (Fsp3) is 0.667. The van der Waals surface area contributed by atoms with Crippen LogP contribution in [-0.2, 0) is 6.54 Å². The van der Waals surface area contributed by atoms with Crippen molar-refractivity contribution in [3.05, 3.63) is 35.4 Å². The topological polar surface area (TPSA) is 15.3 Å². The average molecular weight is 274 g/mol. The Labute approximate surface area is 124 Å². The van der Waals surface area contributed by atoms with Crippen LogP contribution in [0.4, 0.5) is 0 Å². The molecule has 2 heteroatoms. The SMILES string of the molecule is CNC1CCCCCCC1N(C)Cc1cccc(C)c1. The lowest BCUT2D eigenvalue weighted by atomic mass is 9.91. The number of likely N-dealkylation sites (N-methyl/N-ethyl adjacent to an activating group) is 2. The summed E-state index contributed by atoms with van der Waals surface area (Å²) in [5.41, 5.74) is 2.79. The van der Waals surface area contributed by atoms with E-state index in [-0.39, 0.29) is 0 Å². The third kappa shape index (κ3) is 4.32. The second-order valence-electron chi connectivity index (χ2n) is 6.36. The first kappa shape index (κ1) is 15.5. The molecule has 2 unspecified atom stereocenters. The van der Waals surface area contributed by atoms with Crippen LogP contribution in [-0.4, -0.2) is 31.1 Å². The largest absolute Gasteiger partial charge is 0.315 e. The van der Waals surface area contributed by atoms with E-state index in [0.717, 1.165) is 6.54 Å². The van der Waals surface area contributed by atoms with Crippen molar-refractivity contribution in [1.29, 1.82) is 0 Å². The smallest absolute Gasteiger partial charge is 0.0249 e. The van der Waals surface area contributed by atoms with Gasteiger partial charge >= 0.3 is 0 Å². The number of benzene rings is 1. The molecular formula is C18H30N2. The van der Waals surface area contributed by atoms with Crippen LogP contribution in [0.25, 0.3) is 0 Å². The number of rotatable bonds is 4. The first-order valence-electron chi connectivity index (χ1n) is 8.14. The third-order valence-corrected chi connectivity index (χ3v) is 4.68. The van der Waals surface area contributed by atoms with Crippen LogP contribution in [0.1, 0.15) is 49.7 Å². The highest BCUT2D eigenvalue weighted by atomic mass is 15.2. The molecule has 112 valence electrons. The van der Waals surface area contributed by atoms with E-state index in [1.54, 1.807) is 0 Å². The van der Waals surface area contributed by atoms with E-state index < -0.39 is 0 Å². The Kier molecular flexibility index (Phi) is 6.06. The van der Waals surface area contributed by atoms with Crippen LogP contribution in [0.2, 0.25) is 0 Å². The van der Waals surface area contributed by atoms with E-state index in [4.69, 9.17) is 0 Å². The van der Waals surface area contributed by atoms with Crippen molar-refractivity contribution in [3.8, 4) is 0 Å². The molecule has 0 aromatic heterocycles.